The van der Waals surface area contributed by atoms with Gasteiger partial charge < -0.3 is 20.3 Å². The summed E-state index contributed by atoms with van der Waals surface area (Å²) in [5.74, 6) is -0.0914. The highest BCUT2D eigenvalue weighted by Gasteiger charge is 2.18. The van der Waals surface area contributed by atoms with Crippen LogP contribution in [-0.4, -0.2) is 47.4 Å². The highest BCUT2D eigenvalue weighted by Crippen LogP contribution is 2.16. The molecular weight excluding hydrogens is 815 g/mol. The summed E-state index contributed by atoms with van der Waals surface area (Å²) in [4.78, 5) is 24.5. The van der Waals surface area contributed by atoms with Crippen LogP contribution in [0.4, 0.5) is 0 Å². The number of allylic oxidation sites excluding steroid dienone is 5. The molecule has 0 radical (unpaired) electrons. The van der Waals surface area contributed by atoms with Crippen LogP contribution >= 0.6 is 0 Å². The fourth-order valence-electron chi connectivity index (χ4n) is 8.86. The maximum absolute atomic E-state index is 12.5. The number of carbonyl (C=O) groups is 2. The van der Waals surface area contributed by atoms with Gasteiger partial charge >= 0.3 is 5.97 Å². The highest BCUT2D eigenvalue weighted by molar-refractivity contribution is 5.76. The van der Waals surface area contributed by atoms with Crippen molar-refractivity contribution < 1.29 is 24.5 Å². The van der Waals surface area contributed by atoms with Gasteiger partial charge in [0.25, 0.3) is 0 Å². The lowest BCUT2D eigenvalue weighted by atomic mass is 10.0. The molecule has 0 aliphatic carbocycles. The fourth-order valence-corrected chi connectivity index (χ4v) is 8.86. The minimum absolute atomic E-state index is 0.0129. The highest BCUT2D eigenvalue weighted by atomic mass is 16.5. The molecule has 0 aromatic carbocycles. The third-order valence-electron chi connectivity index (χ3n) is 13.4. The maximum Gasteiger partial charge on any atom is 0.305 e. The second kappa shape index (κ2) is 55.7. The van der Waals surface area contributed by atoms with Gasteiger partial charge in [0.05, 0.1) is 25.4 Å². The molecule has 0 aliphatic rings. The SMILES string of the molecule is CCCCC/C=C\CCCCCCCC(=O)OCCCCCCCC/C=C\CCCCCCCCCC(=O)NC(CO)C(O)/C=C/CCCCCCCCCCCCCCCCCCCC. The van der Waals surface area contributed by atoms with Gasteiger partial charge in [-0.2, -0.15) is 0 Å². The van der Waals surface area contributed by atoms with Crippen LogP contribution < -0.4 is 5.32 Å². The van der Waals surface area contributed by atoms with E-state index in [1.165, 1.54) is 225 Å². The average molecular weight is 929 g/mol. The quantitative estimate of drug-likeness (QED) is 0.0321. The Morgan fingerprint density at radius 3 is 1.11 bits per heavy atom. The van der Waals surface area contributed by atoms with E-state index >= 15 is 0 Å². The maximum atomic E-state index is 12.5. The third-order valence-corrected chi connectivity index (χ3v) is 13.4. The van der Waals surface area contributed by atoms with Crippen LogP contribution in [0.25, 0.3) is 0 Å². The first-order chi connectivity index (χ1) is 32.5. The summed E-state index contributed by atoms with van der Waals surface area (Å²) in [6, 6.07) is -0.638. The van der Waals surface area contributed by atoms with Crippen LogP contribution in [0.1, 0.15) is 309 Å². The summed E-state index contributed by atoms with van der Waals surface area (Å²) in [6.07, 6.45) is 68.8. The van der Waals surface area contributed by atoms with E-state index in [2.05, 4.69) is 43.5 Å². The number of nitrogens with one attached hydrogen (secondary N) is 1. The van der Waals surface area contributed by atoms with Crippen molar-refractivity contribution in [2.75, 3.05) is 13.2 Å². The van der Waals surface area contributed by atoms with Gasteiger partial charge in [-0.15, -0.1) is 0 Å². The number of unbranched alkanes of at least 4 members (excludes halogenated alkanes) is 39. The molecule has 0 aliphatic heterocycles. The summed E-state index contributed by atoms with van der Waals surface area (Å²) in [6.45, 7) is 4.87. The monoisotopic (exact) mass is 928 g/mol. The van der Waals surface area contributed by atoms with Crippen molar-refractivity contribution in [3.8, 4) is 0 Å². The molecule has 0 bridgehead atoms. The summed E-state index contributed by atoms with van der Waals surface area (Å²) in [7, 11) is 0. The van der Waals surface area contributed by atoms with Gasteiger partial charge in [0.15, 0.2) is 0 Å². The zero-order chi connectivity index (χ0) is 47.9. The summed E-state index contributed by atoms with van der Waals surface area (Å²) >= 11 is 0. The first-order valence-corrected chi connectivity index (χ1v) is 29.3. The van der Waals surface area contributed by atoms with Crippen molar-refractivity contribution in [3.63, 3.8) is 0 Å². The smallest absolute Gasteiger partial charge is 0.305 e. The van der Waals surface area contributed by atoms with Crippen LogP contribution in [-0.2, 0) is 14.3 Å². The van der Waals surface area contributed by atoms with Crippen molar-refractivity contribution in [2.45, 2.75) is 321 Å². The lowest BCUT2D eigenvalue weighted by Crippen LogP contribution is -2.45. The molecule has 6 nitrogen and oxygen atoms in total. The first-order valence-electron chi connectivity index (χ1n) is 29.3. The van der Waals surface area contributed by atoms with E-state index < -0.39 is 12.1 Å². The Labute approximate surface area is 411 Å². The number of rotatable bonds is 54. The normalized spacial score (nSPS) is 12.8. The molecule has 0 fully saturated rings. The van der Waals surface area contributed by atoms with Gasteiger partial charge in [0.2, 0.25) is 5.91 Å². The molecule has 0 saturated heterocycles. The van der Waals surface area contributed by atoms with Gasteiger partial charge in [0.1, 0.15) is 0 Å². The first kappa shape index (κ1) is 64.1. The van der Waals surface area contributed by atoms with E-state index in [1.54, 1.807) is 6.08 Å². The molecule has 0 saturated carbocycles. The molecule has 388 valence electrons. The lowest BCUT2D eigenvalue weighted by molar-refractivity contribution is -0.143. The van der Waals surface area contributed by atoms with E-state index in [4.69, 9.17) is 4.74 Å². The molecular formula is C60H113NO5. The Balaban J connectivity index is 3.50. The lowest BCUT2D eigenvalue weighted by Gasteiger charge is -2.20. The number of esters is 1. The molecule has 0 heterocycles. The number of carbonyl (C=O) groups excluding carboxylic acids is 2. The van der Waals surface area contributed by atoms with Crippen LogP contribution in [0.2, 0.25) is 0 Å². The Bertz CT molecular complexity index is 1070. The van der Waals surface area contributed by atoms with E-state index in [0.29, 0.717) is 19.4 Å². The average Bonchev–Trinajstić information content (AvgIpc) is 3.32. The van der Waals surface area contributed by atoms with Crippen molar-refractivity contribution in [1.29, 1.82) is 0 Å². The third kappa shape index (κ3) is 51.5. The van der Waals surface area contributed by atoms with Crippen LogP contribution in [0.15, 0.2) is 36.5 Å². The van der Waals surface area contributed by atoms with Gasteiger partial charge in [-0.05, 0) is 83.5 Å². The Morgan fingerprint density at radius 2 is 0.712 bits per heavy atom. The van der Waals surface area contributed by atoms with Crippen LogP contribution in [0.3, 0.4) is 0 Å². The molecule has 1 amide bonds. The predicted octanol–water partition coefficient (Wildman–Crippen LogP) is 18.0. The zero-order valence-corrected chi connectivity index (χ0v) is 44.2. The van der Waals surface area contributed by atoms with E-state index in [1.807, 2.05) is 6.08 Å². The van der Waals surface area contributed by atoms with Gasteiger partial charge in [-0.25, -0.2) is 0 Å². The minimum atomic E-state index is -0.853. The van der Waals surface area contributed by atoms with Crippen molar-refractivity contribution in [3.05, 3.63) is 36.5 Å². The second-order valence-electron chi connectivity index (χ2n) is 20.0. The topological polar surface area (TPSA) is 95.9 Å². The van der Waals surface area contributed by atoms with E-state index in [9.17, 15) is 19.8 Å². The predicted molar refractivity (Wildman–Crippen MR) is 287 cm³/mol. The largest absolute Gasteiger partial charge is 0.466 e. The van der Waals surface area contributed by atoms with Crippen LogP contribution in [0.5, 0.6) is 0 Å². The molecule has 2 unspecified atom stereocenters. The molecule has 2 atom stereocenters. The molecule has 6 heteroatoms. The number of aliphatic hydroxyl groups excluding tert-OH is 2. The molecule has 3 N–H and O–H groups in total. The molecule has 66 heavy (non-hydrogen) atoms. The van der Waals surface area contributed by atoms with Gasteiger partial charge in [-0.1, -0.05) is 249 Å². The van der Waals surface area contributed by atoms with Crippen LogP contribution in [0, 0.1) is 0 Å². The van der Waals surface area contributed by atoms with Crippen molar-refractivity contribution in [1.82, 2.24) is 5.32 Å². The standard InChI is InChI=1S/C60H113NO5/c1-3-5-7-9-11-13-15-17-18-19-20-21-23-26-29-32-36-40-44-48-52-58(63)57(56-62)61-59(64)53-49-45-41-37-33-30-27-24-22-25-28-31-35-39-43-47-51-55-66-60(65)54-50-46-42-38-34-16-14-12-10-8-6-4-2/h12,14,22,25,48,52,57-58,62-63H,3-11,13,15-21,23-24,26-47,49-51,53-56H2,1-2H3,(H,61,64)/b14-12-,25-22-,52-48+. The molecule has 0 aromatic heterocycles. The Kier molecular flexibility index (Phi) is 54.1. The zero-order valence-electron chi connectivity index (χ0n) is 44.2. The summed E-state index contributed by atoms with van der Waals surface area (Å²) in [5.41, 5.74) is 0. The Morgan fingerprint density at radius 1 is 0.409 bits per heavy atom. The van der Waals surface area contributed by atoms with Gasteiger partial charge in [-0.3, -0.25) is 9.59 Å². The van der Waals surface area contributed by atoms with Crippen molar-refractivity contribution in [2.24, 2.45) is 0 Å². The van der Waals surface area contributed by atoms with Crippen molar-refractivity contribution >= 4 is 11.9 Å². The fraction of sp³-hybridized carbons (Fsp3) is 0.867. The molecule has 0 aromatic rings. The molecule has 0 spiro atoms. The van der Waals surface area contributed by atoms with E-state index in [0.717, 1.165) is 57.8 Å². The minimum Gasteiger partial charge on any atom is -0.466 e. The second-order valence-corrected chi connectivity index (χ2v) is 20.0. The number of amides is 1. The summed E-state index contributed by atoms with van der Waals surface area (Å²) < 4.78 is 5.45. The number of aliphatic hydroxyl groups is 2. The molecule has 0 rings (SSSR count). The Hall–Kier alpha value is -1.92. The van der Waals surface area contributed by atoms with Gasteiger partial charge in [0, 0.05) is 12.8 Å². The summed E-state index contributed by atoms with van der Waals surface area (Å²) in [5, 5.41) is 23.2. The number of ether oxygens (including phenoxy) is 1. The number of hydrogen-bond acceptors (Lipinski definition) is 5. The van der Waals surface area contributed by atoms with E-state index in [-0.39, 0.29) is 18.5 Å². The number of hydrogen-bond donors (Lipinski definition) is 3.